The molecule has 0 amide bonds. The van der Waals surface area contributed by atoms with Gasteiger partial charge in [-0.3, -0.25) is 0 Å². The van der Waals surface area contributed by atoms with Gasteiger partial charge < -0.3 is 15.6 Å². The number of hydrogen-bond acceptors (Lipinski definition) is 5. The molecular formula is C13H12N2O4. The quantitative estimate of drug-likeness (QED) is 0.781. The van der Waals surface area contributed by atoms with Crippen LogP contribution in [0.3, 0.4) is 0 Å². The lowest BCUT2D eigenvalue weighted by atomic mass is 10.1. The molecule has 0 spiro atoms. The van der Waals surface area contributed by atoms with Crippen molar-refractivity contribution < 1.29 is 19.4 Å². The highest BCUT2D eigenvalue weighted by atomic mass is 16.5. The van der Waals surface area contributed by atoms with Crippen molar-refractivity contribution in [2.75, 3.05) is 7.11 Å². The van der Waals surface area contributed by atoms with E-state index in [9.17, 15) is 9.59 Å². The lowest BCUT2D eigenvalue weighted by molar-refractivity contribution is -0.132. The first-order valence-electron chi connectivity index (χ1n) is 5.50. The molecule has 0 radical (unpaired) electrons. The van der Waals surface area contributed by atoms with Crippen LogP contribution in [0.15, 0.2) is 28.8 Å². The fourth-order valence-electron chi connectivity index (χ4n) is 1.77. The number of carbonyl (C=O) groups is 2. The minimum absolute atomic E-state index is 0.0670. The minimum atomic E-state index is -1.04. The number of carbonyl (C=O) groups excluding carboxylic acids is 1. The van der Waals surface area contributed by atoms with Gasteiger partial charge in [0.25, 0.3) is 0 Å². The Labute approximate surface area is 109 Å². The third kappa shape index (κ3) is 2.62. The highest BCUT2D eigenvalue weighted by Crippen LogP contribution is 2.27. The second-order valence-corrected chi connectivity index (χ2v) is 4.02. The van der Waals surface area contributed by atoms with Gasteiger partial charge in [-0.15, -0.1) is 0 Å². The Morgan fingerprint density at radius 2 is 2.16 bits per heavy atom. The van der Waals surface area contributed by atoms with E-state index in [0.717, 1.165) is 0 Å². The molecule has 1 heterocycles. The van der Waals surface area contributed by atoms with Gasteiger partial charge >= 0.3 is 11.9 Å². The average molecular weight is 260 g/mol. The van der Waals surface area contributed by atoms with Gasteiger partial charge in [-0.25, -0.2) is 14.6 Å². The number of rotatable bonds is 2. The molecule has 0 atom stereocenters. The topological polar surface area (TPSA) is 102 Å². The van der Waals surface area contributed by atoms with Crippen LogP contribution < -0.4 is 5.73 Å². The molecular weight excluding hydrogens is 248 g/mol. The minimum Gasteiger partial charge on any atom is -0.478 e. The maximum atomic E-state index is 11.4. The van der Waals surface area contributed by atoms with Crippen molar-refractivity contribution in [1.82, 2.24) is 0 Å². The number of benzene rings is 1. The number of methoxy groups -OCH3 is 1. The van der Waals surface area contributed by atoms with Crippen LogP contribution in [0.4, 0.5) is 5.69 Å². The predicted octanol–water partition coefficient (Wildman–Crippen LogP) is 1.33. The molecule has 0 aliphatic carbocycles. The van der Waals surface area contributed by atoms with Crippen LogP contribution in [0.5, 0.6) is 0 Å². The van der Waals surface area contributed by atoms with Crippen LogP contribution in [0, 0.1) is 0 Å². The second kappa shape index (κ2) is 4.93. The number of esters is 1. The lowest BCUT2D eigenvalue weighted by Crippen LogP contribution is -2.14. The molecule has 6 heteroatoms. The number of ether oxygens (including phenoxy) is 1. The van der Waals surface area contributed by atoms with Gasteiger partial charge in [0.1, 0.15) is 5.84 Å². The largest absolute Gasteiger partial charge is 0.478 e. The summed E-state index contributed by atoms with van der Waals surface area (Å²) in [4.78, 5) is 26.6. The summed E-state index contributed by atoms with van der Waals surface area (Å²) in [5.74, 6) is -1.33. The van der Waals surface area contributed by atoms with Crippen molar-refractivity contribution in [3.63, 3.8) is 0 Å². The SMILES string of the molecule is COC(=O)c1ccc2c(c1)N=C(N)CC(C(=O)O)=C2. The first kappa shape index (κ1) is 12.8. The fourth-order valence-corrected chi connectivity index (χ4v) is 1.77. The Bertz CT molecular complexity index is 617. The third-order valence-electron chi connectivity index (χ3n) is 2.69. The van der Waals surface area contributed by atoms with E-state index >= 15 is 0 Å². The number of aliphatic imine (C=N–C) groups is 1. The second-order valence-electron chi connectivity index (χ2n) is 4.02. The Balaban J connectivity index is 2.54. The zero-order valence-electron chi connectivity index (χ0n) is 10.2. The molecule has 3 N–H and O–H groups in total. The van der Waals surface area contributed by atoms with Crippen LogP contribution in [-0.4, -0.2) is 30.0 Å². The van der Waals surface area contributed by atoms with Gasteiger partial charge in [0, 0.05) is 17.6 Å². The molecule has 98 valence electrons. The molecule has 0 bridgehead atoms. The number of fused-ring (bicyclic) bond motifs is 1. The normalized spacial score (nSPS) is 13.7. The van der Waals surface area contributed by atoms with Crippen molar-refractivity contribution in [2.45, 2.75) is 6.42 Å². The van der Waals surface area contributed by atoms with E-state index in [0.29, 0.717) is 16.8 Å². The van der Waals surface area contributed by atoms with Crippen molar-refractivity contribution in [3.8, 4) is 0 Å². The van der Waals surface area contributed by atoms with Crippen LogP contribution in [0.25, 0.3) is 6.08 Å². The van der Waals surface area contributed by atoms with E-state index in [1.54, 1.807) is 12.1 Å². The molecule has 1 aliphatic rings. The molecule has 0 saturated heterocycles. The molecule has 0 fully saturated rings. The van der Waals surface area contributed by atoms with E-state index in [1.165, 1.54) is 19.3 Å². The Morgan fingerprint density at radius 3 is 2.79 bits per heavy atom. The van der Waals surface area contributed by atoms with Crippen molar-refractivity contribution in [2.24, 2.45) is 10.7 Å². The number of carboxylic acids is 1. The summed E-state index contributed by atoms with van der Waals surface area (Å²) in [6.07, 6.45) is 1.57. The fraction of sp³-hybridized carbons (Fsp3) is 0.154. The van der Waals surface area contributed by atoms with Crippen molar-refractivity contribution >= 4 is 29.5 Å². The summed E-state index contributed by atoms with van der Waals surface area (Å²) in [5, 5.41) is 9.03. The summed E-state index contributed by atoms with van der Waals surface area (Å²) in [6.45, 7) is 0. The van der Waals surface area contributed by atoms with Gasteiger partial charge in [-0.05, 0) is 18.2 Å². The van der Waals surface area contributed by atoms with E-state index in [2.05, 4.69) is 9.73 Å². The molecule has 1 aliphatic heterocycles. The highest BCUT2D eigenvalue weighted by molar-refractivity contribution is 6.03. The molecule has 0 aromatic heterocycles. The van der Waals surface area contributed by atoms with Crippen molar-refractivity contribution in [1.29, 1.82) is 0 Å². The smallest absolute Gasteiger partial charge is 0.337 e. The zero-order valence-corrected chi connectivity index (χ0v) is 10.2. The monoisotopic (exact) mass is 260 g/mol. The van der Waals surface area contributed by atoms with Crippen LogP contribution in [0.2, 0.25) is 0 Å². The van der Waals surface area contributed by atoms with E-state index in [4.69, 9.17) is 10.8 Å². The molecule has 1 aromatic carbocycles. The van der Waals surface area contributed by atoms with Crippen molar-refractivity contribution in [3.05, 3.63) is 34.9 Å². The van der Waals surface area contributed by atoms with Crippen LogP contribution >= 0.6 is 0 Å². The first-order chi connectivity index (χ1) is 9.01. The van der Waals surface area contributed by atoms with Gasteiger partial charge in [0.2, 0.25) is 0 Å². The maximum Gasteiger partial charge on any atom is 0.337 e. The number of carboxylic acid groups (broad SMARTS) is 1. The number of hydrogen-bond donors (Lipinski definition) is 2. The van der Waals surface area contributed by atoms with E-state index in [1.807, 2.05) is 0 Å². The predicted molar refractivity (Wildman–Crippen MR) is 69.3 cm³/mol. The standard InChI is InChI=1S/C13H12N2O4/c1-19-13(18)8-3-2-7-4-9(12(16)17)6-11(14)15-10(7)5-8/h2-5H,6H2,1H3,(H2,14,15)(H,16,17). The summed E-state index contributed by atoms with van der Waals surface area (Å²) in [5.41, 5.74) is 7.22. The maximum absolute atomic E-state index is 11.4. The van der Waals surface area contributed by atoms with E-state index in [-0.39, 0.29) is 17.8 Å². The number of aliphatic carboxylic acids is 1. The summed E-state index contributed by atoms with van der Waals surface area (Å²) in [6, 6.07) is 4.69. The van der Waals surface area contributed by atoms with Gasteiger partial charge in [0.15, 0.2) is 0 Å². The summed E-state index contributed by atoms with van der Waals surface area (Å²) < 4.78 is 4.62. The molecule has 0 saturated carbocycles. The number of nitrogens with zero attached hydrogens (tertiary/aromatic N) is 1. The Kier molecular flexibility index (Phi) is 3.33. The van der Waals surface area contributed by atoms with Gasteiger partial charge in [-0.2, -0.15) is 0 Å². The first-order valence-corrected chi connectivity index (χ1v) is 5.50. The highest BCUT2D eigenvalue weighted by Gasteiger charge is 2.16. The summed E-state index contributed by atoms with van der Waals surface area (Å²) in [7, 11) is 1.29. The van der Waals surface area contributed by atoms with Gasteiger partial charge in [-0.1, -0.05) is 6.07 Å². The summed E-state index contributed by atoms with van der Waals surface area (Å²) >= 11 is 0. The van der Waals surface area contributed by atoms with Crippen LogP contribution in [0.1, 0.15) is 22.3 Å². The Hall–Kier alpha value is -2.63. The number of amidine groups is 1. The lowest BCUT2D eigenvalue weighted by Gasteiger charge is -2.03. The van der Waals surface area contributed by atoms with Crippen LogP contribution in [-0.2, 0) is 9.53 Å². The third-order valence-corrected chi connectivity index (χ3v) is 2.69. The molecule has 2 rings (SSSR count). The zero-order chi connectivity index (χ0) is 14.0. The van der Waals surface area contributed by atoms with Gasteiger partial charge in [0.05, 0.1) is 18.4 Å². The van der Waals surface area contributed by atoms with E-state index < -0.39 is 11.9 Å². The molecule has 1 aromatic rings. The average Bonchev–Trinajstić information content (AvgIpc) is 2.54. The molecule has 0 unspecified atom stereocenters. The number of nitrogens with two attached hydrogens (primary N) is 1. The molecule has 6 nitrogen and oxygen atoms in total. The molecule has 19 heavy (non-hydrogen) atoms. The Morgan fingerprint density at radius 1 is 1.42 bits per heavy atom.